The molecular formula is C12H18N2O3S. The first-order valence-electron chi connectivity index (χ1n) is 6.25. The summed E-state index contributed by atoms with van der Waals surface area (Å²) in [6, 6.07) is 4.21. The molecule has 0 aliphatic carbocycles. The molecule has 0 unspecified atom stereocenters. The summed E-state index contributed by atoms with van der Waals surface area (Å²) < 4.78 is 30.1. The van der Waals surface area contributed by atoms with Crippen LogP contribution in [0.2, 0.25) is 0 Å². The van der Waals surface area contributed by atoms with E-state index >= 15 is 0 Å². The molecule has 18 heavy (non-hydrogen) atoms. The van der Waals surface area contributed by atoms with Crippen molar-refractivity contribution in [3.05, 3.63) is 24.2 Å². The van der Waals surface area contributed by atoms with Crippen molar-refractivity contribution >= 4 is 10.0 Å². The van der Waals surface area contributed by atoms with Gasteiger partial charge in [-0.2, -0.15) is 0 Å². The lowest BCUT2D eigenvalue weighted by molar-refractivity contribution is 0.218. The van der Waals surface area contributed by atoms with Gasteiger partial charge >= 0.3 is 0 Å². The molecule has 3 heterocycles. The first-order valence-corrected chi connectivity index (χ1v) is 8.10. The molecule has 2 aliphatic heterocycles. The lowest BCUT2D eigenvalue weighted by Gasteiger charge is -2.23. The summed E-state index contributed by atoms with van der Waals surface area (Å²) in [7, 11) is -3.05. The molecule has 0 saturated carbocycles. The van der Waals surface area contributed by atoms with Crippen molar-refractivity contribution in [2.45, 2.75) is 19.0 Å². The van der Waals surface area contributed by atoms with E-state index in [4.69, 9.17) is 4.42 Å². The maximum atomic E-state index is 11.6. The lowest BCUT2D eigenvalue weighted by Crippen LogP contribution is -2.36. The minimum atomic E-state index is -3.05. The highest BCUT2D eigenvalue weighted by Gasteiger charge is 2.43. The maximum Gasteiger partial charge on any atom is 0.211 e. The van der Waals surface area contributed by atoms with Crippen molar-refractivity contribution < 1.29 is 12.8 Å². The normalized spacial score (nSPS) is 29.8. The molecule has 0 aromatic carbocycles. The Hall–Kier alpha value is -0.850. The molecule has 0 spiro atoms. The minimum Gasteiger partial charge on any atom is -0.468 e. The van der Waals surface area contributed by atoms with Crippen molar-refractivity contribution in [1.82, 2.24) is 9.21 Å². The van der Waals surface area contributed by atoms with Crippen LogP contribution >= 0.6 is 0 Å². The molecule has 0 N–H and O–H groups in total. The van der Waals surface area contributed by atoms with E-state index in [1.54, 1.807) is 10.6 Å². The zero-order chi connectivity index (χ0) is 12.8. The summed E-state index contributed by atoms with van der Waals surface area (Å²) in [6.45, 7) is 3.13. The van der Waals surface area contributed by atoms with Gasteiger partial charge in [0, 0.05) is 19.1 Å². The van der Waals surface area contributed by atoms with Crippen LogP contribution in [0, 0.1) is 5.92 Å². The zero-order valence-electron chi connectivity index (χ0n) is 10.4. The Balaban J connectivity index is 1.70. The molecule has 5 nitrogen and oxygen atoms in total. The number of fused-ring (bicyclic) bond motifs is 1. The summed E-state index contributed by atoms with van der Waals surface area (Å²) in [4.78, 5) is 2.34. The topological polar surface area (TPSA) is 53.8 Å². The predicted molar refractivity (Wildman–Crippen MR) is 67.4 cm³/mol. The SMILES string of the molecule is CS(=O)(=O)N1C[C@@H]2CCN(Cc3ccco3)[C@@H]2C1. The first-order chi connectivity index (χ1) is 8.54. The summed E-state index contributed by atoms with van der Waals surface area (Å²) >= 11 is 0. The summed E-state index contributed by atoms with van der Waals surface area (Å²) in [5.41, 5.74) is 0. The van der Waals surface area contributed by atoms with Gasteiger partial charge in [-0.1, -0.05) is 0 Å². The fourth-order valence-corrected chi connectivity index (χ4v) is 3.97. The summed E-state index contributed by atoms with van der Waals surface area (Å²) in [6.07, 6.45) is 4.06. The number of hydrogen-bond acceptors (Lipinski definition) is 4. The van der Waals surface area contributed by atoms with Crippen molar-refractivity contribution in [3.63, 3.8) is 0 Å². The first kappa shape index (κ1) is 12.2. The van der Waals surface area contributed by atoms with Crippen LogP contribution in [0.25, 0.3) is 0 Å². The molecule has 2 atom stereocenters. The van der Waals surface area contributed by atoms with Crippen LogP contribution in [-0.2, 0) is 16.6 Å². The molecule has 0 radical (unpaired) electrons. The van der Waals surface area contributed by atoms with Gasteiger partial charge in [0.15, 0.2) is 0 Å². The maximum absolute atomic E-state index is 11.6. The second-order valence-corrected chi connectivity index (χ2v) is 7.23. The minimum absolute atomic E-state index is 0.352. The van der Waals surface area contributed by atoms with Gasteiger partial charge < -0.3 is 4.42 Å². The average Bonchev–Trinajstić information content (AvgIpc) is 2.95. The number of nitrogens with zero attached hydrogens (tertiary/aromatic N) is 2. The molecule has 1 aromatic heterocycles. The van der Waals surface area contributed by atoms with Crippen LogP contribution in [0.5, 0.6) is 0 Å². The van der Waals surface area contributed by atoms with Crippen molar-refractivity contribution in [2.24, 2.45) is 5.92 Å². The third kappa shape index (κ3) is 2.20. The van der Waals surface area contributed by atoms with E-state index in [-0.39, 0.29) is 0 Å². The largest absolute Gasteiger partial charge is 0.468 e. The van der Waals surface area contributed by atoms with E-state index in [9.17, 15) is 8.42 Å². The molecular weight excluding hydrogens is 252 g/mol. The Labute approximate surface area is 107 Å². The van der Waals surface area contributed by atoms with E-state index in [0.29, 0.717) is 25.0 Å². The number of hydrogen-bond donors (Lipinski definition) is 0. The molecule has 2 fully saturated rings. The quantitative estimate of drug-likeness (QED) is 0.813. The van der Waals surface area contributed by atoms with E-state index in [1.807, 2.05) is 12.1 Å². The van der Waals surface area contributed by atoms with Gasteiger partial charge in [-0.05, 0) is 31.0 Å². The highest BCUT2D eigenvalue weighted by Crippen LogP contribution is 2.33. The van der Waals surface area contributed by atoms with E-state index in [2.05, 4.69) is 4.90 Å². The van der Waals surface area contributed by atoms with Crippen molar-refractivity contribution in [3.8, 4) is 0 Å². The van der Waals surface area contributed by atoms with Gasteiger partial charge in [-0.3, -0.25) is 4.90 Å². The standard InChI is InChI=1S/C12H18N2O3S/c1-18(15,16)14-7-10-4-5-13(12(10)9-14)8-11-3-2-6-17-11/h2-3,6,10,12H,4-5,7-9H2,1H3/t10-,12+/m0/s1. The highest BCUT2D eigenvalue weighted by molar-refractivity contribution is 7.88. The summed E-state index contributed by atoms with van der Waals surface area (Å²) in [5.74, 6) is 1.43. The monoisotopic (exact) mass is 270 g/mol. The molecule has 3 rings (SSSR count). The van der Waals surface area contributed by atoms with Crippen LogP contribution in [0.4, 0.5) is 0 Å². The van der Waals surface area contributed by atoms with Crippen LogP contribution < -0.4 is 0 Å². The molecule has 0 bridgehead atoms. The van der Waals surface area contributed by atoms with Gasteiger partial charge in [0.2, 0.25) is 10.0 Å². The predicted octanol–water partition coefficient (Wildman–Crippen LogP) is 0.745. The molecule has 2 saturated heterocycles. The van der Waals surface area contributed by atoms with Gasteiger partial charge in [0.25, 0.3) is 0 Å². The van der Waals surface area contributed by atoms with Crippen molar-refractivity contribution in [2.75, 3.05) is 25.9 Å². The Bertz CT molecular complexity index is 511. The van der Waals surface area contributed by atoms with Gasteiger partial charge in [-0.15, -0.1) is 0 Å². The molecule has 0 amide bonds. The fourth-order valence-electron chi connectivity index (χ4n) is 3.08. The molecule has 100 valence electrons. The Morgan fingerprint density at radius 1 is 1.44 bits per heavy atom. The fraction of sp³-hybridized carbons (Fsp3) is 0.667. The van der Waals surface area contributed by atoms with Crippen LogP contribution in [0.3, 0.4) is 0 Å². The average molecular weight is 270 g/mol. The molecule has 1 aromatic rings. The number of sulfonamides is 1. The lowest BCUT2D eigenvalue weighted by atomic mass is 10.1. The number of rotatable bonds is 3. The highest BCUT2D eigenvalue weighted by atomic mass is 32.2. The van der Waals surface area contributed by atoms with Crippen LogP contribution in [0.15, 0.2) is 22.8 Å². The van der Waals surface area contributed by atoms with Crippen LogP contribution in [0.1, 0.15) is 12.2 Å². The van der Waals surface area contributed by atoms with E-state index in [0.717, 1.165) is 25.3 Å². The molecule has 2 aliphatic rings. The third-order valence-electron chi connectivity index (χ3n) is 4.04. The van der Waals surface area contributed by atoms with Gasteiger partial charge in [0.05, 0.1) is 19.1 Å². The summed E-state index contributed by atoms with van der Waals surface area (Å²) in [5, 5.41) is 0. The second-order valence-electron chi connectivity index (χ2n) is 5.25. The molecule has 6 heteroatoms. The van der Waals surface area contributed by atoms with Crippen LogP contribution in [-0.4, -0.2) is 49.6 Å². The van der Waals surface area contributed by atoms with E-state index < -0.39 is 10.0 Å². The second kappa shape index (κ2) is 4.36. The Kier molecular flexibility index (Phi) is 2.96. The third-order valence-corrected chi connectivity index (χ3v) is 5.27. The van der Waals surface area contributed by atoms with E-state index in [1.165, 1.54) is 6.26 Å². The zero-order valence-corrected chi connectivity index (χ0v) is 11.3. The van der Waals surface area contributed by atoms with Crippen molar-refractivity contribution in [1.29, 1.82) is 0 Å². The Morgan fingerprint density at radius 2 is 2.28 bits per heavy atom. The number of likely N-dealkylation sites (tertiary alicyclic amines) is 1. The van der Waals surface area contributed by atoms with Gasteiger partial charge in [0.1, 0.15) is 5.76 Å². The number of furan rings is 1. The smallest absolute Gasteiger partial charge is 0.211 e. The van der Waals surface area contributed by atoms with Gasteiger partial charge in [-0.25, -0.2) is 12.7 Å². The Morgan fingerprint density at radius 3 is 2.94 bits per heavy atom.